The smallest absolute Gasteiger partial charge is 0.268 e. The van der Waals surface area contributed by atoms with E-state index in [9.17, 15) is 4.79 Å². The summed E-state index contributed by atoms with van der Waals surface area (Å²) in [5.41, 5.74) is 4.93. The number of rotatable bonds is 7. The van der Waals surface area contributed by atoms with Gasteiger partial charge < -0.3 is 20.4 Å². The Bertz CT molecular complexity index is 1590. The van der Waals surface area contributed by atoms with Gasteiger partial charge in [-0.1, -0.05) is 30.0 Å². The van der Waals surface area contributed by atoms with Crippen LogP contribution in [0.15, 0.2) is 65.6 Å². The van der Waals surface area contributed by atoms with E-state index in [4.69, 9.17) is 4.98 Å². The molecule has 8 nitrogen and oxygen atoms in total. The van der Waals surface area contributed by atoms with Crippen LogP contribution < -0.4 is 21.1 Å². The summed E-state index contributed by atoms with van der Waals surface area (Å²) in [5, 5.41) is 7.57. The highest BCUT2D eigenvalue weighted by Gasteiger charge is 2.18. The first-order chi connectivity index (χ1) is 19.4. The first-order valence-corrected chi connectivity index (χ1v) is 13.8. The van der Waals surface area contributed by atoms with Crippen LogP contribution >= 0.6 is 0 Å². The van der Waals surface area contributed by atoms with E-state index in [1.807, 2.05) is 62.3 Å². The SMILES string of the molecule is Cc1ccccc1C#Cc1cc2cnc(Nc3ccc(N(C)C4CCCNC4)cc3)nc2n(CCN(C)C)c1=O. The number of nitrogens with zero attached hydrogens (tertiary/aromatic N) is 5. The normalized spacial score (nSPS) is 15.1. The van der Waals surface area contributed by atoms with Crippen LogP contribution in [0.3, 0.4) is 0 Å². The Hall–Kier alpha value is -4.19. The molecule has 1 saturated heterocycles. The van der Waals surface area contributed by atoms with Crippen molar-refractivity contribution >= 4 is 28.4 Å². The van der Waals surface area contributed by atoms with Crippen LogP contribution in [0.2, 0.25) is 0 Å². The fraction of sp³-hybridized carbons (Fsp3) is 0.344. The van der Waals surface area contributed by atoms with Gasteiger partial charge in [-0.25, -0.2) is 4.98 Å². The second-order valence-electron chi connectivity index (χ2n) is 10.6. The van der Waals surface area contributed by atoms with Crippen molar-refractivity contribution < 1.29 is 0 Å². The quantitative estimate of drug-likeness (QED) is 0.347. The highest BCUT2D eigenvalue weighted by atomic mass is 16.1. The van der Waals surface area contributed by atoms with Gasteiger partial charge in [0.25, 0.3) is 5.56 Å². The standard InChI is InChI=1S/C32H37N7O/c1-23-8-5-6-9-24(23)11-12-25-20-26-21-34-32(36-30(26)39(31(25)40)19-18-37(2)3)35-27-13-15-28(16-14-27)38(4)29-10-7-17-33-22-29/h5-6,8-9,13-16,20-21,29,33H,7,10,17-19,22H2,1-4H3,(H,34,35,36). The van der Waals surface area contributed by atoms with Crippen molar-refractivity contribution in [3.05, 3.63) is 87.8 Å². The Morgan fingerprint density at radius 3 is 2.58 bits per heavy atom. The Labute approximate surface area is 236 Å². The molecule has 0 bridgehead atoms. The maximum atomic E-state index is 13.6. The molecule has 1 aliphatic heterocycles. The van der Waals surface area contributed by atoms with E-state index < -0.39 is 0 Å². The van der Waals surface area contributed by atoms with Crippen molar-refractivity contribution in [2.75, 3.05) is 51.0 Å². The highest BCUT2D eigenvalue weighted by molar-refractivity contribution is 5.77. The average molecular weight is 536 g/mol. The summed E-state index contributed by atoms with van der Waals surface area (Å²) < 4.78 is 1.71. The Kier molecular flexibility index (Phi) is 8.44. The topological polar surface area (TPSA) is 78.3 Å². The van der Waals surface area contributed by atoms with Crippen molar-refractivity contribution in [3.63, 3.8) is 0 Å². The number of piperidine rings is 1. The molecule has 1 fully saturated rings. The predicted molar refractivity (Wildman–Crippen MR) is 164 cm³/mol. The maximum absolute atomic E-state index is 13.6. The van der Waals surface area contributed by atoms with Crippen LogP contribution in [0.4, 0.5) is 17.3 Å². The molecule has 206 valence electrons. The molecular formula is C32H37N7O. The van der Waals surface area contributed by atoms with E-state index in [1.165, 1.54) is 18.5 Å². The first kappa shape index (κ1) is 27.4. The number of anilines is 3. The summed E-state index contributed by atoms with van der Waals surface area (Å²) in [7, 11) is 6.13. The van der Waals surface area contributed by atoms with Crippen LogP contribution in [0.1, 0.15) is 29.5 Å². The third-order valence-electron chi connectivity index (χ3n) is 7.42. The number of pyridine rings is 1. The molecule has 0 amide bonds. The molecule has 0 radical (unpaired) electrons. The number of aromatic nitrogens is 3. The van der Waals surface area contributed by atoms with Gasteiger partial charge in [0.15, 0.2) is 0 Å². The number of hydrogen-bond acceptors (Lipinski definition) is 7. The second-order valence-corrected chi connectivity index (χ2v) is 10.6. The molecule has 0 spiro atoms. The summed E-state index contributed by atoms with van der Waals surface area (Å²) in [6.07, 6.45) is 4.16. The van der Waals surface area contributed by atoms with E-state index in [-0.39, 0.29) is 5.56 Å². The molecule has 40 heavy (non-hydrogen) atoms. The summed E-state index contributed by atoms with van der Waals surface area (Å²) in [5.74, 6) is 6.72. The lowest BCUT2D eigenvalue weighted by molar-refractivity contribution is 0.383. The summed E-state index contributed by atoms with van der Waals surface area (Å²) in [6, 6.07) is 18.5. The lowest BCUT2D eigenvalue weighted by atomic mass is 10.1. The molecule has 2 aromatic heterocycles. The zero-order chi connectivity index (χ0) is 28.1. The number of nitrogens with one attached hydrogen (secondary N) is 2. The molecular weight excluding hydrogens is 498 g/mol. The molecule has 2 N–H and O–H groups in total. The fourth-order valence-corrected chi connectivity index (χ4v) is 4.95. The van der Waals surface area contributed by atoms with E-state index >= 15 is 0 Å². The van der Waals surface area contributed by atoms with Gasteiger partial charge >= 0.3 is 0 Å². The number of aryl methyl sites for hydroxylation is 1. The maximum Gasteiger partial charge on any atom is 0.268 e. The van der Waals surface area contributed by atoms with Gasteiger partial charge in [-0.3, -0.25) is 9.36 Å². The van der Waals surface area contributed by atoms with Crippen LogP contribution in [0.5, 0.6) is 0 Å². The third-order valence-corrected chi connectivity index (χ3v) is 7.42. The molecule has 1 unspecified atom stereocenters. The van der Waals surface area contributed by atoms with Gasteiger partial charge in [-0.15, -0.1) is 0 Å². The van der Waals surface area contributed by atoms with Gasteiger partial charge in [-0.2, -0.15) is 4.98 Å². The molecule has 4 aromatic rings. The fourth-order valence-electron chi connectivity index (χ4n) is 4.95. The molecule has 3 heterocycles. The number of benzene rings is 2. The van der Waals surface area contributed by atoms with E-state index in [0.717, 1.165) is 35.3 Å². The average Bonchev–Trinajstić information content (AvgIpc) is 2.97. The van der Waals surface area contributed by atoms with Crippen LogP contribution in [-0.2, 0) is 6.54 Å². The van der Waals surface area contributed by atoms with Crippen molar-refractivity contribution in [2.24, 2.45) is 0 Å². The summed E-state index contributed by atoms with van der Waals surface area (Å²) in [4.78, 5) is 27.3. The molecule has 1 atom stereocenters. The van der Waals surface area contributed by atoms with Crippen molar-refractivity contribution in [1.29, 1.82) is 0 Å². The minimum absolute atomic E-state index is 0.148. The lowest BCUT2D eigenvalue weighted by Gasteiger charge is -2.33. The second kappa shape index (κ2) is 12.3. The zero-order valence-electron chi connectivity index (χ0n) is 23.7. The minimum Gasteiger partial charge on any atom is -0.370 e. The summed E-state index contributed by atoms with van der Waals surface area (Å²) >= 11 is 0. The van der Waals surface area contributed by atoms with Gasteiger partial charge in [0.1, 0.15) is 5.65 Å². The first-order valence-electron chi connectivity index (χ1n) is 13.8. The van der Waals surface area contributed by atoms with Crippen molar-refractivity contribution in [2.45, 2.75) is 32.4 Å². The van der Waals surface area contributed by atoms with Gasteiger partial charge in [0.2, 0.25) is 5.95 Å². The van der Waals surface area contributed by atoms with Crippen LogP contribution in [0, 0.1) is 18.8 Å². The van der Waals surface area contributed by atoms with Crippen LogP contribution in [-0.4, -0.2) is 66.3 Å². The molecule has 5 rings (SSSR count). The highest BCUT2D eigenvalue weighted by Crippen LogP contribution is 2.23. The minimum atomic E-state index is -0.148. The monoisotopic (exact) mass is 535 g/mol. The summed E-state index contributed by atoms with van der Waals surface area (Å²) in [6.45, 7) is 5.32. The molecule has 0 aliphatic carbocycles. The molecule has 0 saturated carbocycles. The van der Waals surface area contributed by atoms with Crippen molar-refractivity contribution in [1.82, 2.24) is 24.8 Å². The van der Waals surface area contributed by atoms with Gasteiger partial charge in [0.05, 0.1) is 5.56 Å². The lowest BCUT2D eigenvalue weighted by Crippen LogP contribution is -2.44. The van der Waals surface area contributed by atoms with Crippen LogP contribution in [0.25, 0.3) is 11.0 Å². The largest absolute Gasteiger partial charge is 0.370 e. The van der Waals surface area contributed by atoms with Gasteiger partial charge in [-0.05, 0) is 82.4 Å². The molecule has 1 aliphatic rings. The zero-order valence-corrected chi connectivity index (χ0v) is 23.7. The third kappa shape index (κ3) is 6.33. The number of hydrogen-bond donors (Lipinski definition) is 2. The van der Waals surface area contributed by atoms with Gasteiger partial charge in [0, 0.05) is 61.2 Å². The Morgan fingerprint density at radius 1 is 1.07 bits per heavy atom. The number of likely N-dealkylation sites (N-methyl/N-ethyl adjacent to an activating group) is 2. The predicted octanol–water partition coefficient (Wildman–Crippen LogP) is 3.99. The van der Waals surface area contributed by atoms with E-state index in [1.54, 1.807) is 16.8 Å². The van der Waals surface area contributed by atoms with E-state index in [0.29, 0.717) is 36.3 Å². The Morgan fingerprint density at radius 2 is 1.85 bits per heavy atom. The van der Waals surface area contributed by atoms with Crippen molar-refractivity contribution in [3.8, 4) is 11.8 Å². The van der Waals surface area contributed by atoms with E-state index in [2.05, 4.69) is 51.5 Å². The molecule has 8 heteroatoms. The number of fused-ring (bicyclic) bond motifs is 1. The molecule has 2 aromatic carbocycles. The Balaban J connectivity index is 1.43.